The molecule has 0 aliphatic carbocycles. The molecule has 0 N–H and O–H groups in total. The molecular formula is C24H23O2S+. The second kappa shape index (κ2) is 8.45. The molecule has 3 heteroatoms. The fourth-order valence-corrected chi connectivity index (χ4v) is 5.54. The Balaban J connectivity index is 1.55. The van der Waals surface area contributed by atoms with Gasteiger partial charge in [-0.1, -0.05) is 48.5 Å². The van der Waals surface area contributed by atoms with Gasteiger partial charge in [0.05, 0.1) is 23.4 Å². The van der Waals surface area contributed by atoms with Gasteiger partial charge in [-0.3, -0.25) is 4.79 Å². The maximum absolute atomic E-state index is 11.6. The van der Waals surface area contributed by atoms with Crippen LogP contribution >= 0.6 is 0 Å². The molecule has 0 radical (unpaired) electrons. The molecule has 0 spiro atoms. The van der Waals surface area contributed by atoms with Crippen molar-refractivity contribution in [3.05, 3.63) is 90.5 Å². The predicted molar refractivity (Wildman–Crippen MR) is 109 cm³/mol. The minimum atomic E-state index is -0.109. The lowest BCUT2D eigenvalue weighted by Gasteiger charge is -2.09. The lowest BCUT2D eigenvalue weighted by atomic mass is 9.98. The number of rotatable bonds is 6. The third-order valence-electron chi connectivity index (χ3n) is 4.94. The number of carbonyl (C=O) groups is 1. The Morgan fingerprint density at radius 1 is 0.778 bits per heavy atom. The van der Waals surface area contributed by atoms with E-state index in [4.69, 9.17) is 4.74 Å². The van der Waals surface area contributed by atoms with Crippen LogP contribution in [0.2, 0.25) is 0 Å². The van der Waals surface area contributed by atoms with Crippen molar-refractivity contribution < 1.29 is 9.53 Å². The molecule has 1 aliphatic rings. The number of aryl methyl sites for hydroxylation is 1. The van der Waals surface area contributed by atoms with E-state index in [0.29, 0.717) is 6.61 Å². The van der Waals surface area contributed by atoms with Crippen molar-refractivity contribution in [2.24, 2.45) is 5.92 Å². The van der Waals surface area contributed by atoms with E-state index in [-0.39, 0.29) is 22.8 Å². The van der Waals surface area contributed by atoms with Crippen LogP contribution in [0.3, 0.4) is 0 Å². The summed E-state index contributed by atoms with van der Waals surface area (Å²) in [7, 11) is -0.109. The van der Waals surface area contributed by atoms with Gasteiger partial charge >= 0.3 is 5.97 Å². The molecule has 1 atom stereocenters. The van der Waals surface area contributed by atoms with Crippen molar-refractivity contribution in [3.63, 3.8) is 0 Å². The van der Waals surface area contributed by atoms with Crippen molar-refractivity contribution in [3.8, 4) is 0 Å². The predicted octanol–water partition coefficient (Wildman–Crippen LogP) is 5.28. The Morgan fingerprint density at radius 2 is 1.33 bits per heavy atom. The zero-order valence-corrected chi connectivity index (χ0v) is 16.0. The minimum Gasteiger partial charge on any atom is -0.465 e. The number of carbonyl (C=O) groups excluding carboxylic acids is 1. The highest BCUT2D eigenvalue weighted by atomic mass is 32.2. The van der Waals surface area contributed by atoms with Gasteiger partial charge in [-0.05, 0) is 61.2 Å². The molecular weight excluding hydrogens is 352 g/mol. The lowest BCUT2D eigenvalue weighted by Crippen LogP contribution is -2.08. The molecule has 0 bridgehead atoms. The zero-order valence-electron chi connectivity index (χ0n) is 15.2. The second-order valence-corrected chi connectivity index (χ2v) is 8.79. The van der Waals surface area contributed by atoms with E-state index in [9.17, 15) is 4.79 Å². The number of ether oxygens (including phenoxy) is 1. The van der Waals surface area contributed by atoms with E-state index in [1.165, 1.54) is 20.2 Å². The highest BCUT2D eigenvalue weighted by molar-refractivity contribution is 7.97. The van der Waals surface area contributed by atoms with Gasteiger partial charge in [0.2, 0.25) is 0 Å². The van der Waals surface area contributed by atoms with Gasteiger partial charge in [0.25, 0.3) is 0 Å². The largest absolute Gasteiger partial charge is 0.465 e. The summed E-state index contributed by atoms with van der Waals surface area (Å²) >= 11 is 0. The summed E-state index contributed by atoms with van der Waals surface area (Å²) in [5, 5.41) is 0. The smallest absolute Gasteiger partial charge is 0.309 e. The minimum absolute atomic E-state index is 0.0266. The van der Waals surface area contributed by atoms with Crippen molar-refractivity contribution >= 4 is 16.9 Å². The van der Waals surface area contributed by atoms with Gasteiger partial charge in [0.15, 0.2) is 14.7 Å². The zero-order chi connectivity index (χ0) is 18.5. The molecule has 1 fully saturated rings. The van der Waals surface area contributed by atoms with E-state index in [2.05, 4.69) is 84.9 Å². The summed E-state index contributed by atoms with van der Waals surface area (Å²) in [6.45, 7) is 0.583. The van der Waals surface area contributed by atoms with Crippen LogP contribution in [0, 0.1) is 5.92 Å². The quantitative estimate of drug-likeness (QED) is 0.433. The first-order valence-corrected chi connectivity index (χ1v) is 10.6. The molecule has 1 saturated heterocycles. The van der Waals surface area contributed by atoms with E-state index in [1.54, 1.807) is 0 Å². The topological polar surface area (TPSA) is 26.3 Å². The number of hydrogen-bond acceptors (Lipinski definition) is 2. The number of benzene rings is 3. The molecule has 136 valence electrons. The van der Waals surface area contributed by atoms with Gasteiger partial charge in [-0.15, -0.1) is 0 Å². The Bertz CT molecular complexity index is 836. The van der Waals surface area contributed by atoms with Crippen LogP contribution in [0.15, 0.2) is 99.6 Å². The Kier molecular flexibility index (Phi) is 5.59. The highest BCUT2D eigenvalue weighted by Gasteiger charge is 2.28. The Labute approximate surface area is 163 Å². The normalized spacial score (nSPS) is 16.5. The van der Waals surface area contributed by atoms with Crippen LogP contribution in [-0.2, 0) is 26.8 Å². The molecule has 27 heavy (non-hydrogen) atoms. The van der Waals surface area contributed by atoms with Crippen molar-refractivity contribution in [2.75, 3.05) is 6.61 Å². The summed E-state index contributed by atoms with van der Waals surface area (Å²) in [6, 6.07) is 30.3. The molecule has 1 aliphatic heterocycles. The summed E-state index contributed by atoms with van der Waals surface area (Å²) in [5.74, 6) is 0.0502. The molecule has 3 aromatic rings. The van der Waals surface area contributed by atoms with Crippen LogP contribution in [-0.4, -0.2) is 12.6 Å². The maximum atomic E-state index is 11.6. The van der Waals surface area contributed by atoms with Crippen LogP contribution in [0.25, 0.3) is 0 Å². The Hall–Kier alpha value is -2.52. The fourth-order valence-electron chi connectivity index (χ4n) is 3.45. The van der Waals surface area contributed by atoms with Crippen LogP contribution in [0.5, 0.6) is 0 Å². The van der Waals surface area contributed by atoms with Crippen LogP contribution in [0.1, 0.15) is 18.4 Å². The van der Waals surface area contributed by atoms with Crippen molar-refractivity contribution in [1.82, 2.24) is 0 Å². The van der Waals surface area contributed by atoms with Gasteiger partial charge in [0.1, 0.15) is 0 Å². The summed E-state index contributed by atoms with van der Waals surface area (Å²) in [4.78, 5) is 15.6. The average molecular weight is 376 g/mol. The molecule has 1 heterocycles. The van der Waals surface area contributed by atoms with Crippen LogP contribution < -0.4 is 0 Å². The molecule has 0 aromatic heterocycles. The van der Waals surface area contributed by atoms with E-state index in [1.807, 2.05) is 0 Å². The molecule has 0 saturated carbocycles. The number of esters is 1. The second-order valence-electron chi connectivity index (χ2n) is 6.77. The van der Waals surface area contributed by atoms with Crippen molar-refractivity contribution in [1.29, 1.82) is 0 Å². The molecule has 3 aromatic carbocycles. The first-order valence-electron chi connectivity index (χ1n) is 9.41. The van der Waals surface area contributed by atoms with Gasteiger partial charge in [-0.25, -0.2) is 0 Å². The third-order valence-corrected chi connectivity index (χ3v) is 7.17. The summed E-state index contributed by atoms with van der Waals surface area (Å²) in [5.41, 5.74) is 1.28. The maximum Gasteiger partial charge on any atom is 0.309 e. The first kappa shape index (κ1) is 17.9. The molecule has 4 rings (SSSR count). The number of hydrogen-bond donors (Lipinski definition) is 0. The number of cyclic esters (lactones) is 1. The molecule has 1 unspecified atom stereocenters. The van der Waals surface area contributed by atoms with Gasteiger partial charge in [0, 0.05) is 0 Å². The monoisotopic (exact) mass is 375 g/mol. The Morgan fingerprint density at radius 3 is 1.85 bits per heavy atom. The van der Waals surface area contributed by atoms with Crippen LogP contribution in [0.4, 0.5) is 0 Å². The van der Waals surface area contributed by atoms with E-state index < -0.39 is 0 Å². The molecule has 0 amide bonds. The third kappa shape index (κ3) is 4.25. The van der Waals surface area contributed by atoms with E-state index >= 15 is 0 Å². The fraction of sp³-hybridized carbons (Fsp3) is 0.208. The summed E-state index contributed by atoms with van der Waals surface area (Å²) in [6.07, 6.45) is 2.66. The molecule has 2 nitrogen and oxygen atoms in total. The first-order chi connectivity index (χ1) is 13.3. The SMILES string of the molecule is O=C1OCCC1CCc1ccc([S+](c2ccccc2)c2ccccc2)cc1. The lowest BCUT2D eigenvalue weighted by molar-refractivity contribution is -0.141. The standard InChI is InChI=1S/C24H23O2S/c25-24-20(17-18-26-24)14-11-19-12-15-23(16-13-19)27(21-7-3-1-4-8-21)22-9-5-2-6-10-22/h1-10,12-13,15-16,20H,11,14,17-18H2/q+1. The van der Waals surface area contributed by atoms with Gasteiger partial charge in [-0.2, -0.15) is 0 Å². The highest BCUT2D eigenvalue weighted by Crippen LogP contribution is 2.31. The van der Waals surface area contributed by atoms with Crippen molar-refractivity contribution in [2.45, 2.75) is 33.9 Å². The van der Waals surface area contributed by atoms with E-state index in [0.717, 1.165) is 19.3 Å². The average Bonchev–Trinajstić information content (AvgIpc) is 3.14. The van der Waals surface area contributed by atoms with Gasteiger partial charge < -0.3 is 4.74 Å². The summed E-state index contributed by atoms with van der Waals surface area (Å²) < 4.78 is 5.06.